The Labute approximate surface area is 192 Å². The van der Waals surface area contributed by atoms with Crippen molar-refractivity contribution < 1.29 is 14.3 Å². The molecule has 1 aliphatic heterocycles. The number of nitrogens with zero attached hydrogens (tertiary/aromatic N) is 2. The van der Waals surface area contributed by atoms with Crippen LogP contribution in [0.15, 0.2) is 48.5 Å². The molecule has 2 aromatic carbocycles. The molecule has 6 heteroatoms. The minimum atomic E-state index is -0.484. The first kappa shape index (κ1) is 21.1. The van der Waals surface area contributed by atoms with Crippen molar-refractivity contribution >= 4 is 33.4 Å². The number of hydrogen-bond acceptors (Lipinski definition) is 5. The average Bonchev–Trinajstić information content (AvgIpc) is 3.29. The van der Waals surface area contributed by atoms with Crippen molar-refractivity contribution in [1.29, 1.82) is 0 Å². The molecule has 1 saturated carbocycles. The fourth-order valence-corrected chi connectivity index (χ4v) is 6.88. The lowest BCUT2D eigenvalue weighted by Gasteiger charge is -2.39. The highest BCUT2D eigenvalue weighted by molar-refractivity contribution is 7.21. The van der Waals surface area contributed by atoms with Gasteiger partial charge in [0.05, 0.1) is 15.8 Å². The Morgan fingerprint density at radius 1 is 1.09 bits per heavy atom. The van der Waals surface area contributed by atoms with Crippen molar-refractivity contribution in [1.82, 2.24) is 9.88 Å². The number of carbonyl (C=O) groups is 2. The fourth-order valence-electron chi connectivity index (χ4n) is 5.87. The van der Waals surface area contributed by atoms with Crippen LogP contribution in [-0.2, 0) is 9.53 Å². The molecule has 1 aliphatic carbocycles. The highest BCUT2D eigenvalue weighted by Crippen LogP contribution is 2.52. The topological polar surface area (TPSA) is 59.5 Å². The standard InChI is InChI=1S/C26H28N2O3S/c1-25(2)12-17-13-26(3,15-25)16-28(17)22(29)14-31-24(30)19-9-5-4-8-18(19)23-27-20-10-6-7-11-21(20)32-23/h4-11,17H,12-16H2,1-3H3/t17-,26+/m0/s1. The van der Waals surface area contributed by atoms with Crippen LogP contribution in [0.1, 0.15) is 50.4 Å². The van der Waals surface area contributed by atoms with Crippen LogP contribution in [0.5, 0.6) is 0 Å². The molecule has 3 aromatic rings. The van der Waals surface area contributed by atoms with Gasteiger partial charge in [-0.25, -0.2) is 9.78 Å². The van der Waals surface area contributed by atoms with E-state index in [1.807, 2.05) is 47.4 Å². The van der Waals surface area contributed by atoms with Crippen LogP contribution in [-0.4, -0.2) is 41.0 Å². The highest BCUT2D eigenvalue weighted by Gasteiger charge is 2.50. The van der Waals surface area contributed by atoms with Gasteiger partial charge in [-0.2, -0.15) is 0 Å². The minimum Gasteiger partial charge on any atom is -0.452 e. The molecular formula is C26H28N2O3S. The maximum absolute atomic E-state index is 13.0. The SMILES string of the molecule is CC1(C)C[C@H]2C[C@@](C)(CN2C(=O)COC(=O)c2ccccc2-c2nc3ccccc3s2)C1. The zero-order valence-electron chi connectivity index (χ0n) is 18.8. The highest BCUT2D eigenvalue weighted by atomic mass is 32.1. The predicted molar refractivity (Wildman–Crippen MR) is 127 cm³/mol. The van der Waals surface area contributed by atoms with Crippen molar-refractivity contribution in [3.05, 3.63) is 54.1 Å². The third kappa shape index (κ3) is 3.92. The summed E-state index contributed by atoms with van der Waals surface area (Å²) in [7, 11) is 0. The van der Waals surface area contributed by atoms with Crippen LogP contribution in [0, 0.1) is 10.8 Å². The van der Waals surface area contributed by atoms with E-state index >= 15 is 0 Å². The van der Waals surface area contributed by atoms with Crippen molar-refractivity contribution in [3.8, 4) is 10.6 Å². The van der Waals surface area contributed by atoms with Crippen molar-refractivity contribution in [2.45, 2.75) is 46.1 Å². The molecule has 2 heterocycles. The van der Waals surface area contributed by atoms with Gasteiger partial charge in [0.1, 0.15) is 5.01 Å². The second kappa shape index (κ2) is 7.69. The van der Waals surface area contributed by atoms with Crippen molar-refractivity contribution in [2.24, 2.45) is 10.8 Å². The summed E-state index contributed by atoms with van der Waals surface area (Å²) in [6.07, 6.45) is 3.16. The van der Waals surface area contributed by atoms with E-state index in [1.54, 1.807) is 17.4 Å². The molecule has 2 bridgehead atoms. The number of likely N-dealkylation sites (tertiary alicyclic amines) is 1. The Hall–Kier alpha value is -2.73. The maximum atomic E-state index is 13.0. The fraction of sp³-hybridized carbons (Fsp3) is 0.423. The van der Waals surface area contributed by atoms with Crippen molar-refractivity contribution in [3.63, 3.8) is 0 Å². The second-order valence-electron chi connectivity index (χ2n) is 10.3. The smallest absolute Gasteiger partial charge is 0.339 e. The number of amides is 1. The zero-order chi connectivity index (χ0) is 22.5. The predicted octanol–water partition coefficient (Wildman–Crippen LogP) is 5.55. The van der Waals surface area contributed by atoms with E-state index in [9.17, 15) is 9.59 Å². The molecule has 1 amide bonds. The molecular weight excluding hydrogens is 420 g/mol. The van der Waals surface area contributed by atoms with Gasteiger partial charge in [-0.15, -0.1) is 11.3 Å². The molecule has 166 valence electrons. The molecule has 2 atom stereocenters. The van der Waals surface area contributed by atoms with Gasteiger partial charge in [-0.3, -0.25) is 4.79 Å². The van der Waals surface area contributed by atoms with Gasteiger partial charge in [0.15, 0.2) is 6.61 Å². The van der Waals surface area contributed by atoms with Crippen molar-refractivity contribution in [2.75, 3.05) is 13.2 Å². The lowest BCUT2D eigenvalue weighted by molar-refractivity contribution is -0.135. The summed E-state index contributed by atoms with van der Waals surface area (Å²) in [6.45, 7) is 7.36. The number of aromatic nitrogens is 1. The summed E-state index contributed by atoms with van der Waals surface area (Å²) in [5, 5.41) is 0.772. The van der Waals surface area contributed by atoms with E-state index in [4.69, 9.17) is 4.74 Å². The Kier molecular flexibility index (Phi) is 5.08. The van der Waals surface area contributed by atoms with Crippen LogP contribution >= 0.6 is 11.3 Å². The quantitative estimate of drug-likeness (QED) is 0.491. The van der Waals surface area contributed by atoms with Gasteiger partial charge in [0.2, 0.25) is 0 Å². The molecule has 0 radical (unpaired) electrons. The van der Waals surface area contributed by atoms with E-state index in [0.717, 1.165) is 46.6 Å². The third-order valence-corrected chi connectivity index (χ3v) is 7.80. The molecule has 32 heavy (non-hydrogen) atoms. The molecule has 5 rings (SSSR count). The van der Waals surface area contributed by atoms with E-state index < -0.39 is 5.97 Å². The van der Waals surface area contributed by atoms with Crippen LogP contribution < -0.4 is 0 Å². The Morgan fingerprint density at radius 3 is 2.66 bits per heavy atom. The lowest BCUT2D eigenvalue weighted by Crippen LogP contribution is -2.39. The number of ether oxygens (including phenoxy) is 1. The molecule has 5 nitrogen and oxygen atoms in total. The van der Waals surface area contributed by atoms with Crippen LogP contribution in [0.4, 0.5) is 0 Å². The monoisotopic (exact) mass is 448 g/mol. The van der Waals surface area contributed by atoms with E-state index in [0.29, 0.717) is 5.56 Å². The molecule has 2 aliphatic rings. The lowest BCUT2D eigenvalue weighted by atomic mass is 9.65. The summed E-state index contributed by atoms with van der Waals surface area (Å²) in [5.74, 6) is -0.579. The van der Waals surface area contributed by atoms with Gasteiger partial charge < -0.3 is 9.64 Å². The number of hydrogen-bond donors (Lipinski definition) is 0. The number of rotatable bonds is 4. The summed E-state index contributed by atoms with van der Waals surface area (Å²) < 4.78 is 6.59. The average molecular weight is 449 g/mol. The van der Waals surface area contributed by atoms with Crippen LogP contribution in [0.3, 0.4) is 0 Å². The second-order valence-corrected chi connectivity index (χ2v) is 11.4. The molecule has 0 N–H and O–H groups in total. The number of fused-ring (bicyclic) bond motifs is 3. The first-order valence-electron chi connectivity index (χ1n) is 11.1. The van der Waals surface area contributed by atoms with Gasteiger partial charge in [0.25, 0.3) is 5.91 Å². The normalized spacial score (nSPS) is 24.0. The largest absolute Gasteiger partial charge is 0.452 e. The summed E-state index contributed by atoms with van der Waals surface area (Å²) >= 11 is 1.54. The number of benzene rings is 2. The number of esters is 1. The van der Waals surface area contributed by atoms with Gasteiger partial charge >= 0.3 is 5.97 Å². The first-order valence-corrected chi connectivity index (χ1v) is 12.0. The van der Waals surface area contributed by atoms with Crippen LogP contribution in [0.25, 0.3) is 20.8 Å². The number of para-hydroxylation sites is 1. The minimum absolute atomic E-state index is 0.0951. The Morgan fingerprint density at radius 2 is 1.84 bits per heavy atom. The molecule has 1 saturated heterocycles. The van der Waals surface area contributed by atoms with Gasteiger partial charge in [-0.05, 0) is 48.3 Å². The molecule has 1 aromatic heterocycles. The van der Waals surface area contributed by atoms with Gasteiger partial charge in [0, 0.05) is 18.2 Å². The summed E-state index contributed by atoms with van der Waals surface area (Å²) in [5.41, 5.74) is 2.47. The molecule has 0 spiro atoms. The van der Waals surface area contributed by atoms with Gasteiger partial charge in [-0.1, -0.05) is 51.1 Å². The Bertz CT molecular complexity index is 1170. The first-order chi connectivity index (χ1) is 15.2. The van der Waals surface area contributed by atoms with E-state index in [-0.39, 0.29) is 29.4 Å². The summed E-state index contributed by atoms with van der Waals surface area (Å²) in [4.78, 5) is 32.6. The Balaban J connectivity index is 1.31. The van der Waals surface area contributed by atoms with E-state index in [2.05, 4.69) is 25.8 Å². The third-order valence-electron chi connectivity index (χ3n) is 6.73. The summed E-state index contributed by atoms with van der Waals surface area (Å²) in [6, 6.07) is 15.5. The number of thiazole rings is 1. The maximum Gasteiger partial charge on any atom is 0.339 e. The van der Waals surface area contributed by atoms with E-state index in [1.165, 1.54) is 0 Å². The zero-order valence-corrected chi connectivity index (χ0v) is 19.6. The molecule has 2 fully saturated rings. The molecule has 0 unspecified atom stereocenters. The number of carbonyl (C=O) groups excluding carboxylic acids is 2. The van der Waals surface area contributed by atoms with Crippen LogP contribution in [0.2, 0.25) is 0 Å².